The van der Waals surface area contributed by atoms with E-state index in [1.165, 1.54) is 18.7 Å². The third-order valence-electron chi connectivity index (χ3n) is 3.76. The normalized spacial score (nSPS) is 16.6. The molecule has 0 spiro atoms. The average Bonchev–Trinajstić information content (AvgIpc) is 2.51. The summed E-state index contributed by atoms with van der Waals surface area (Å²) in [5.74, 6) is -0.463. The van der Waals surface area contributed by atoms with Crippen LogP contribution in [0.25, 0.3) is 0 Å². The number of amides is 3. The Labute approximate surface area is 165 Å². The molecule has 148 valence electrons. The van der Waals surface area contributed by atoms with Gasteiger partial charge < -0.3 is 15.0 Å². The summed E-state index contributed by atoms with van der Waals surface area (Å²) in [6.07, 6.45) is 1.14. The number of thiocarbonyl (C=S) groups is 1. The van der Waals surface area contributed by atoms with Gasteiger partial charge in [-0.3, -0.25) is 14.9 Å². The summed E-state index contributed by atoms with van der Waals surface area (Å²) < 4.78 is 5.74. The molecule has 1 fully saturated rings. The number of esters is 1. The Balaban J connectivity index is 2.32. The molecule has 0 aromatic rings. The molecule has 1 aliphatic rings. The van der Waals surface area contributed by atoms with Crippen LogP contribution in [0.3, 0.4) is 0 Å². The average molecular weight is 404 g/mol. The van der Waals surface area contributed by atoms with E-state index in [0.717, 1.165) is 25.9 Å². The van der Waals surface area contributed by atoms with Crippen LogP contribution in [-0.4, -0.2) is 57.6 Å². The van der Waals surface area contributed by atoms with Crippen molar-refractivity contribution in [2.75, 3.05) is 18.8 Å². The van der Waals surface area contributed by atoms with Gasteiger partial charge in [-0.15, -0.1) is 0 Å². The number of likely N-dealkylation sites (tertiary alicyclic amines) is 1. The van der Waals surface area contributed by atoms with Gasteiger partial charge in [-0.2, -0.15) is 0 Å². The molecule has 0 aromatic carbocycles. The molecule has 26 heavy (non-hydrogen) atoms. The molecule has 0 unspecified atom stereocenters. The van der Waals surface area contributed by atoms with Gasteiger partial charge in [-0.25, -0.2) is 4.79 Å². The second-order valence-corrected chi connectivity index (χ2v) is 9.16. The Morgan fingerprint density at radius 1 is 1.27 bits per heavy atom. The van der Waals surface area contributed by atoms with E-state index in [4.69, 9.17) is 17.0 Å². The van der Waals surface area contributed by atoms with Crippen molar-refractivity contribution in [1.29, 1.82) is 0 Å². The number of thioether (sulfide) groups is 1. The Hall–Kier alpha value is -1.35. The number of carbonyl (C=O) groups excluding carboxylic acids is 3. The predicted octanol–water partition coefficient (Wildman–Crippen LogP) is 2.29. The number of nitrogens with zero attached hydrogens (tertiary/aromatic N) is 1. The molecule has 1 atom stereocenters. The molecule has 2 N–H and O–H groups in total. The molecule has 9 heteroatoms. The van der Waals surface area contributed by atoms with Crippen molar-refractivity contribution in [3.05, 3.63) is 0 Å². The summed E-state index contributed by atoms with van der Waals surface area (Å²) in [5.41, 5.74) is -0.469. The highest BCUT2D eigenvalue weighted by atomic mass is 32.2. The predicted molar refractivity (Wildman–Crippen MR) is 107 cm³/mol. The third kappa shape index (κ3) is 8.84. The molecule has 1 heterocycles. The van der Waals surface area contributed by atoms with Gasteiger partial charge >= 0.3 is 12.0 Å². The molecular weight excluding hydrogens is 374 g/mol. The number of nitrogens with one attached hydrogen (secondary N) is 2. The second-order valence-electron chi connectivity index (χ2n) is 7.55. The Bertz CT molecular complexity index is 541. The van der Waals surface area contributed by atoms with E-state index >= 15 is 0 Å². The number of ether oxygens (including phenoxy) is 1. The molecule has 3 amide bonds. The standard InChI is InChI=1S/C17H29N3O4S2/c1-11-6-8-20(9-7-11)16(25)26-10-13(21)24-12(2)14(22)18-15(23)19-17(3,4)5/h11-12H,6-10H2,1-5H3,(H2,18,19,22,23)/t12-/m1/s1. The van der Waals surface area contributed by atoms with Crippen LogP contribution in [0.4, 0.5) is 4.79 Å². The maximum absolute atomic E-state index is 11.9. The Kier molecular flexibility index (Phi) is 8.82. The van der Waals surface area contributed by atoms with Crippen LogP contribution in [0.15, 0.2) is 0 Å². The van der Waals surface area contributed by atoms with Crippen LogP contribution in [0, 0.1) is 5.92 Å². The quantitative estimate of drug-likeness (QED) is 0.550. The summed E-state index contributed by atoms with van der Waals surface area (Å²) in [6.45, 7) is 10.8. The van der Waals surface area contributed by atoms with Gasteiger partial charge in [0, 0.05) is 18.6 Å². The van der Waals surface area contributed by atoms with Gasteiger partial charge in [0.15, 0.2) is 6.10 Å². The molecule has 0 radical (unpaired) electrons. The summed E-state index contributed by atoms with van der Waals surface area (Å²) in [7, 11) is 0. The largest absolute Gasteiger partial charge is 0.452 e. The van der Waals surface area contributed by atoms with Crippen molar-refractivity contribution in [2.45, 2.75) is 59.1 Å². The highest BCUT2D eigenvalue weighted by molar-refractivity contribution is 8.23. The molecular formula is C17H29N3O4S2. The van der Waals surface area contributed by atoms with Crippen molar-refractivity contribution < 1.29 is 19.1 Å². The third-order valence-corrected chi connectivity index (χ3v) is 5.25. The van der Waals surface area contributed by atoms with Crippen molar-refractivity contribution in [2.24, 2.45) is 5.92 Å². The summed E-state index contributed by atoms with van der Waals surface area (Å²) in [4.78, 5) is 37.6. The molecule has 1 saturated heterocycles. The van der Waals surface area contributed by atoms with Gasteiger partial charge in [0.1, 0.15) is 4.32 Å². The first-order valence-electron chi connectivity index (χ1n) is 8.72. The maximum atomic E-state index is 11.9. The topological polar surface area (TPSA) is 87.7 Å². The lowest BCUT2D eigenvalue weighted by Crippen LogP contribution is -2.50. The minimum absolute atomic E-state index is 0.0384. The molecule has 0 bridgehead atoms. The highest BCUT2D eigenvalue weighted by Gasteiger charge is 2.23. The number of rotatable bonds is 4. The number of carbonyl (C=O) groups is 3. The first-order valence-corrected chi connectivity index (χ1v) is 10.1. The van der Waals surface area contributed by atoms with Gasteiger partial charge in [-0.1, -0.05) is 30.9 Å². The van der Waals surface area contributed by atoms with Crippen LogP contribution in [0.1, 0.15) is 47.5 Å². The van der Waals surface area contributed by atoms with Crippen LogP contribution in [0.2, 0.25) is 0 Å². The number of urea groups is 1. The van der Waals surface area contributed by atoms with Gasteiger partial charge in [-0.05, 0) is 46.5 Å². The number of piperidine rings is 1. The Morgan fingerprint density at radius 2 is 1.85 bits per heavy atom. The molecule has 7 nitrogen and oxygen atoms in total. The van der Waals surface area contributed by atoms with E-state index in [-0.39, 0.29) is 5.75 Å². The van der Waals surface area contributed by atoms with E-state index in [9.17, 15) is 14.4 Å². The van der Waals surface area contributed by atoms with Crippen molar-refractivity contribution in [3.63, 3.8) is 0 Å². The van der Waals surface area contributed by atoms with E-state index in [2.05, 4.69) is 22.5 Å². The first kappa shape index (κ1) is 22.7. The summed E-state index contributed by atoms with van der Waals surface area (Å²) in [5, 5.41) is 4.75. The van der Waals surface area contributed by atoms with Crippen molar-refractivity contribution in [1.82, 2.24) is 15.5 Å². The monoisotopic (exact) mass is 403 g/mol. The minimum Gasteiger partial charge on any atom is -0.452 e. The van der Waals surface area contributed by atoms with Crippen LogP contribution < -0.4 is 10.6 Å². The zero-order chi connectivity index (χ0) is 19.9. The highest BCUT2D eigenvalue weighted by Crippen LogP contribution is 2.20. The smallest absolute Gasteiger partial charge is 0.321 e. The van der Waals surface area contributed by atoms with Crippen LogP contribution in [-0.2, 0) is 14.3 Å². The first-order chi connectivity index (χ1) is 12.0. The van der Waals surface area contributed by atoms with E-state index in [1.54, 1.807) is 20.8 Å². The molecule has 0 aromatic heterocycles. The van der Waals surface area contributed by atoms with E-state index in [0.29, 0.717) is 10.2 Å². The molecule has 1 aliphatic heterocycles. The van der Waals surface area contributed by atoms with E-state index in [1.807, 2.05) is 0 Å². The van der Waals surface area contributed by atoms with Crippen molar-refractivity contribution >= 4 is 46.2 Å². The number of hydrogen-bond donors (Lipinski definition) is 2. The lowest BCUT2D eigenvalue weighted by molar-refractivity contribution is -0.151. The molecule has 0 saturated carbocycles. The van der Waals surface area contributed by atoms with Gasteiger partial charge in [0.05, 0.1) is 5.75 Å². The summed E-state index contributed by atoms with van der Waals surface area (Å²) in [6, 6.07) is -0.625. The SMILES string of the molecule is CC1CCN(C(=S)SCC(=O)O[C@H](C)C(=O)NC(=O)NC(C)(C)C)CC1. The zero-order valence-electron chi connectivity index (χ0n) is 16.1. The second kappa shape index (κ2) is 10.1. The fraction of sp³-hybridized carbons (Fsp3) is 0.765. The zero-order valence-corrected chi connectivity index (χ0v) is 17.7. The van der Waals surface area contributed by atoms with Crippen LogP contribution >= 0.6 is 24.0 Å². The fourth-order valence-electron chi connectivity index (χ4n) is 2.27. The fourth-order valence-corrected chi connectivity index (χ4v) is 3.31. The number of hydrogen-bond acceptors (Lipinski definition) is 6. The van der Waals surface area contributed by atoms with Gasteiger partial charge in [0.2, 0.25) is 0 Å². The van der Waals surface area contributed by atoms with Gasteiger partial charge in [0.25, 0.3) is 5.91 Å². The Morgan fingerprint density at radius 3 is 2.38 bits per heavy atom. The van der Waals surface area contributed by atoms with Crippen LogP contribution in [0.5, 0.6) is 0 Å². The lowest BCUT2D eigenvalue weighted by atomic mass is 10.00. The summed E-state index contributed by atoms with van der Waals surface area (Å²) >= 11 is 6.59. The molecule has 0 aliphatic carbocycles. The minimum atomic E-state index is -1.06. The van der Waals surface area contributed by atoms with Crippen molar-refractivity contribution in [3.8, 4) is 0 Å². The van der Waals surface area contributed by atoms with E-state index < -0.39 is 29.6 Å². The maximum Gasteiger partial charge on any atom is 0.321 e. The lowest BCUT2D eigenvalue weighted by Gasteiger charge is -2.31. The number of imide groups is 1. The molecule has 1 rings (SSSR count).